The van der Waals surface area contributed by atoms with E-state index in [1.807, 2.05) is 0 Å². The third kappa shape index (κ3) is 1.76. The van der Waals surface area contributed by atoms with Gasteiger partial charge in [0.15, 0.2) is 0 Å². The highest BCUT2D eigenvalue weighted by Gasteiger charge is 2.37. The minimum absolute atomic E-state index is 0.0218. The monoisotopic (exact) mass is 221 g/mol. The molecular formula is C11H11NO4. The molecule has 1 aliphatic rings. The van der Waals surface area contributed by atoms with Crippen LogP contribution in [0.2, 0.25) is 0 Å². The summed E-state index contributed by atoms with van der Waals surface area (Å²) in [5.41, 5.74) is 0.779. The number of benzene rings is 1. The molecule has 16 heavy (non-hydrogen) atoms. The van der Waals surface area contributed by atoms with Crippen molar-refractivity contribution in [2.24, 2.45) is 5.92 Å². The first-order valence-electron chi connectivity index (χ1n) is 5.07. The molecule has 0 unspecified atom stereocenters. The summed E-state index contributed by atoms with van der Waals surface area (Å²) in [5.74, 6) is -1.28. The number of carboxylic acids is 1. The maximum absolute atomic E-state index is 10.9. The number of aliphatic carboxylic acids is 1. The predicted octanol–water partition coefficient (Wildman–Crippen LogP) is 2.17. The van der Waals surface area contributed by atoms with E-state index in [4.69, 9.17) is 5.11 Å². The Hall–Kier alpha value is -1.91. The topological polar surface area (TPSA) is 80.4 Å². The molecule has 84 valence electrons. The number of carboxylic acid groups (broad SMARTS) is 1. The van der Waals surface area contributed by atoms with E-state index < -0.39 is 10.9 Å². The first kappa shape index (κ1) is 10.6. The Kier molecular flexibility index (Phi) is 2.60. The third-order valence-corrected chi connectivity index (χ3v) is 3.10. The minimum Gasteiger partial charge on any atom is -0.481 e. The molecule has 1 aliphatic carbocycles. The number of nitro benzene ring substituents is 1. The van der Waals surface area contributed by atoms with Crippen molar-refractivity contribution in [3.05, 3.63) is 39.9 Å². The van der Waals surface area contributed by atoms with Crippen LogP contribution < -0.4 is 0 Å². The lowest BCUT2D eigenvalue weighted by Crippen LogP contribution is -2.30. The third-order valence-electron chi connectivity index (χ3n) is 3.10. The van der Waals surface area contributed by atoms with Crippen molar-refractivity contribution < 1.29 is 14.8 Å². The Morgan fingerprint density at radius 1 is 1.44 bits per heavy atom. The van der Waals surface area contributed by atoms with E-state index in [0.29, 0.717) is 6.42 Å². The zero-order chi connectivity index (χ0) is 11.7. The summed E-state index contributed by atoms with van der Waals surface area (Å²) in [7, 11) is 0. The van der Waals surface area contributed by atoms with Gasteiger partial charge >= 0.3 is 5.97 Å². The number of hydrogen-bond donors (Lipinski definition) is 1. The number of hydrogen-bond acceptors (Lipinski definition) is 3. The van der Waals surface area contributed by atoms with Crippen molar-refractivity contribution in [1.29, 1.82) is 0 Å². The van der Waals surface area contributed by atoms with Crippen molar-refractivity contribution >= 4 is 11.7 Å². The average molecular weight is 221 g/mol. The van der Waals surface area contributed by atoms with Gasteiger partial charge in [-0.05, 0) is 24.3 Å². The maximum atomic E-state index is 10.9. The van der Waals surface area contributed by atoms with Gasteiger partial charge in [0.2, 0.25) is 0 Å². The van der Waals surface area contributed by atoms with E-state index in [-0.39, 0.29) is 17.5 Å². The van der Waals surface area contributed by atoms with Crippen LogP contribution in [0.5, 0.6) is 0 Å². The molecule has 1 aromatic rings. The molecule has 0 saturated heterocycles. The van der Waals surface area contributed by atoms with Crippen molar-refractivity contribution in [1.82, 2.24) is 0 Å². The first-order chi connectivity index (χ1) is 7.59. The van der Waals surface area contributed by atoms with Gasteiger partial charge in [0.1, 0.15) is 0 Å². The van der Waals surface area contributed by atoms with E-state index in [1.165, 1.54) is 12.1 Å². The van der Waals surface area contributed by atoms with Gasteiger partial charge in [-0.3, -0.25) is 14.9 Å². The summed E-state index contributed by atoms with van der Waals surface area (Å²) in [6.07, 6.45) is 1.45. The molecule has 0 aromatic heterocycles. The van der Waals surface area contributed by atoms with Crippen LogP contribution >= 0.6 is 0 Å². The van der Waals surface area contributed by atoms with Gasteiger partial charge in [0.05, 0.1) is 10.8 Å². The van der Waals surface area contributed by atoms with E-state index in [9.17, 15) is 14.9 Å². The second-order valence-electron chi connectivity index (χ2n) is 3.98. The second-order valence-corrected chi connectivity index (χ2v) is 3.98. The normalized spacial score (nSPS) is 23.5. The zero-order valence-corrected chi connectivity index (χ0v) is 8.50. The van der Waals surface area contributed by atoms with Gasteiger partial charge < -0.3 is 5.11 Å². The molecule has 0 spiro atoms. The Morgan fingerprint density at radius 2 is 2.19 bits per heavy atom. The van der Waals surface area contributed by atoms with Gasteiger partial charge in [0.25, 0.3) is 5.69 Å². The highest BCUT2D eigenvalue weighted by atomic mass is 16.6. The lowest BCUT2D eigenvalue weighted by molar-refractivity contribution is -0.385. The van der Waals surface area contributed by atoms with Gasteiger partial charge in [-0.25, -0.2) is 0 Å². The number of carbonyl (C=O) groups is 1. The van der Waals surface area contributed by atoms with Crippen LogP contribution in [0, 0.1) is 16.0 Å². The van der Waals surface area contributed by atoms with Gasteiger partial charge in [-0.2, -0.15) is 0 Å². The standard InChI is InChI=1S/C11H11NO4/c13-11(14)10-5-4-9(10)7-2-1-3-8(6-7)12(15)16/h1-3,6,9-10H,4-5H2,(H,13,14)/t9-,10-/m1/s1. The first-order valence-corrected chi connectivity index (χ1v) is 5.07. The summed E-state index contributed by atoms with van der Waals surface area (Å²) in [6, 6.07) is 6.25. The molecule has 0 aliphatic heterocycles. The maximum Gasteiger partial charge on any atom is 0.307 e. The molecule has 5 nitrogen and oxygen atoms in total. The zero-order valence-electron chi connectivity index (χ0n) is 8.50. The molecule has 0 radical (unpaired) electrons. The van der Waals surface area contributed by atoms with Crippen LogP contribution in [0.25, 0.3) is 0 Å². The molecule has 1 aromatic carbocycles. The molecule has 2 rings (SSSR count). The number of rotatable bonds is 3. The smallest absolute Gasteiger partial charge is 0.307 e. The fourth-order valence-corrected chi connectivity index (χ4v) is 2.06. The van der Waals surface area contributed by atoms with Crippen molar-refractivity contribution in [3.8, 4) is 0 Å². The molecule has 1 saturated carbocycles. The number of non-ortho nitro benzene ring substituents is 1. The summed E-state index contributed by atoms with van der Waals surface area (Å²) in [6.45, 7) is 0. The summed E-state index contributed by atoms with van der Waals surface area (Å²) >= 11 is 0. The molecule has 5 heteroatoms. The van der Waals surface area contributed by atoms with Crippen molar-refractivity contribution in [2.45, 2.75) is 18.8 Å². The van der Waals surface area contributed by atoms with Crippen molar-refractivity contribution in [3.63, 3.8) is 0 Å². The highest BCUT2D eigenvalue weighted by molar-refractivity contribution is 5.72. The predicted molar refractivity (Wildman–Crippen MR) is 56.2 cm³/mol. The largest absolute Gasteiger partial charge is 0.481 e. The van der Waals surface area contributed by atoms with Crippen molar-refractivity contribution in [2.75, 3.05) is 0 Å². The molecule has 2 atom stereocenters. The van der Waals surface area contributed by atoms with Crippen LogP contribution in [0.4, 0.5) is 5.69 Å². The number of nitrogens with zero attached hydrogens (tertiary/aromatic N) is 1. The Labute approximate surface area is 91.9 Å². The fourth-order valence-electron chi connectivity index (χ4n) is 2.06. The van der Waals surface area contributed by atoms with E-state index >= 15 is 0 Å². The van der Waals surface area contributed by atoms with Crippen LogP contribution in [0.1, 0.15) is 24.3 Å². The minimum atomic E-state index is -0.817. The molecular weight excluding hydrogens is 210 g/mol. The second kappa shape index (κ2) is 3.92. The SMILES string of the molecule is O=C(O)[C@@H]1CC[C@@H]1c1cccc([N+](=O)[O-])c1. The van der Waals surface area contributed by atoms with Gasteiger partial charge in [-0.15, -0.1) is 0 Å². The van der Waals surface area contributed by atoms with Crippen LogP contribution in [-0.4, -0.2) is 16.0 Å². The van der Waals surface area contributed by atoms with Gasteiger partial charge in [0, 0.05) is 12.1 Å². The summed E-state index contributed by atoms with van der Waals surface area (Å²) in [5, 5.41) is 19.5. The van der Waals surface area contributed by atoms with Crippen LogP contribution in [0.15, 0.2) is 24.3 Å². The lowest BCUT2D eigenvalue weighted by Gasteiger charge is -2.33. The average Bonchev–Trinajstić information content (AvgIpc) is 2.15. The molecule has 0 heterocycles. The summed E-state index contributed by atoms with van der Waals surface area (Å²) in [4.78, 5) is 21.0. The Morgan fingerprint density at radius 3 is 2.69 bits per heavy atom. The van der Waals surface area contributed by atoms with Crippen LogP contribution in [0.3, 0.4) is 0 Å². The van der Waals surface area contributed by atoms with E-state index in [0.717, 1.165) is 12.0 Å². The highest BCUT2D eigenvalue weighted by Crippen LogP contribution is 2.43. The van der Waals surface area contributed by atoms with E-state index in [2.05, 4.69) is 0 Å². The Balaban J connectivity index is 2.24. The fraction of sp³-hybridized carbons (Fsp3) is 0.364. The van der Waals surface area contributed by atoms with E-state index in [1.54, 1.807) is 12.1 Å². The summed E-state index contributed by atoms with van der Waals surface area (Å²) < 4.78 is 0. The molecule has 0 bridgehead atoms. The lowest BCUT2D eigenvalue weighted by atomic mass is 9.70. The molecule has 1 N–H and O–H groups in total. The molecule has 1 fully saturated rings. The Bertz CT molecular complexity index is 443. The van der Waals surface area contributed by atoms with Gasteiger partial charge in [-0.1, -0.05) is 12.1 Å². The molecule has 0 amide bonds. The quantitative estimate of drug-likeness (QED) is 0.626. The van der Waals surface area contributed by atoms with Crippen LogP contribution in [-0.2, 0) is 4.79 Å². The number of nitro groups is 1.